The van der Waals surface area contributed by atoms with Gasteiger partial charge in [0.15, 0.2) is 0 Å². The van der Waals surface area contributed by atoms with Crippen LogP contribution in [0.25, 0.3) is 32.3 Å². The van der Waals surface area contributed by atoms with Gasteiger partial charge < -0.3 is 5.11 Å². The molecule has 4 aromatic rings. The van der Waals surface area contributed by atoms with Crippen molar-refractivity contribution >= 4 is 28.9 Å². The van der Waals surface area contributed by atoms with Crippen LogP contribution >= 0.6 is 22.9 Å². The predicted octanol–water partition coefficient (Wildman–Crippen LogP) is 5.89. The van der Waals surface area contributed by atoms with E-state index in [1.807, 2.05) is 48.5 Å². The lowest BCUT2D eigenvalue weighted by Gasteiger charge is -2.05. The van der Waals surface area contributed by atoms with Crippen LogP contribution in [0, 0.1) is 0 Å². The molecule has 1 N–H and O–H groups in total. The van der Waals surface area contributed by atoms with Gasteiger partial charge in [0.25, 0.3) is 0 Å². The Labute approximate surface area is 164 Å². The summed E-state index contributed by atoms with van der Waals surface area (Å²) in [4.78, 5) is 21.3. The van der Waals surface area contributed by atoms with Crippen LogP contribution in [0.2, 0.25) is 5.02 Å². The number of carbonyl (C=O) groups is 1. The first kappa shape index (κ1) is 17.4. The fourth-order valence-corrected chi connectivity index (χ4v) is 4.04. The SMILES string of the molecule is O=C(O)c1cc(-c2sc(-c3ccccc3)nc2-c2ccncc2)ccc1Cl. The number of pyridine rings is 1. The molecule has 4 nitrogen and oxygen atoms in total. The fraction of sp³-hybridized carbons (Fsp3) is 0. The van der Waals surface area contributed by atoms with E-state index in [4.69, 9.17) is 16.6 Å². The number of nitrogens with zero attached hydrogens (tertiary/aromatic N) is 2. The van der Waals surface area contributed by atoms with Crippen molar-refractivity contribution in [2.75, 3.05) is 0 Å². The van der Waals surface area contributed by atoms with Crippen molar-refractivity contribution in [3.05, 3.63) is 83.6 Å². The van der Waals surface area contributed by atoms with Gasteiger partial charge in [0.1, 0.15) is 5.01 Å². The summed E-state index contributed by atoms with van der Waals surface area (Å²) in [6.07, 6.45) is 3.43. The standard InChI is InChI=1S/C21H13ClN2O2S/c22-17-7-6-15(12-16(17)21(25)26)19-18(13-8-10-23-11-9-13)24-20(27-19)14-4-2-1-3-5-14/h1-12H,(H,25,26). The highest BCUT2D eigenvalue weighted by atomic mass is 35.5. The number of benzene rings is 2. The van der Waals surface area contributed by atoms with Gasteiger partial charge >= 0.3 is 5.97 Å². The van der Waals surface area contributed by atoms with Crippen molar-refractivity contribution in [2.24, 2.45) is 0 Å². The zero-order chi connectivity index (χ0) is 18.8. The minimum atomic E-state index is -1.06. The van der Waals surface area contributed by atoms with Crippen LogP contribution in [-0.4, -0.2) is 21.0 Å². The number of hydrogen-bond acceptors (Lipinski definition) is 4. The molecule has 4 rings (SSSR count). The molecule has 0 aliphatic rings. The van der Waals surface area contributed by atoms with Crippen molar-refractivity contribution in [3.63, 3.8) is 0 Å². The summed E-state index contributed by atoms with van der Waals surface area (Å²) in [6, 6.07) is 18.7. The molecule has 6 heteroatoms. The molecule has 2 heterocycles. The Bertz CT molecular complexity index is 1110. The third-order valence-electron chi connectivity index (χ3n) is 4.06. The highest BCUT2D eigenvalue weighted by Gasteiger charge is 2.18. The van der Waals surface area contributed by atoms with E-state index >= 15 is 0 Å². The van der Waals surface area contributed by atoms with E-state index in [1.54, 1.807) is 24.5 Å². The summed E-state index contributed by atoms with van der Waals surface area (Å²) in [5, 5.41) is 10.5. The highest BCUT2D eigenvalue weighted by Crippen LogP contribution is 2.41. The van der Waals surface area contributed by atoms with E-state index in [0.29, 0.717) is 0 Å². The molecule has 0 aliphatic heterocycles. The molecule has 0 aliphatic carbocycles. The zero-order valence-electron chi connectivity index (χ0n) is 14.0. The lowest BCUT2D eigenvalue weighted by atomic mass is 10.1. The monoisotopic (exact) mass is 392 g/mol. The van der Waals surface area contributed by atoms with Gasteiger partial charge in [0.05, 0.1) is 21.2 Å². The largest absolute Gasteiger partial charge is 0.478 e. The Hall–Kier alpha value is -3.02. The van der Waals surface area contributed by atoms with Crippen LogP contribution in [0.4, 0.5) is 0 Å². The van der Waals surface area contributed by atoms with E-state index in [1.165, 1.54) is 11.3 Å². The Morgan fingerprint density at radius 3 is 2.37 bits per heavy atom. The Balaban J connectivity index is 1.93. The smallest absolute Gasteiger partial charge is 0.337 e. The molecular formula is C21H13ClN2O2S. The molecule has 2 aromatic heterocycles. The van der Waals surface area contributed by atoms with Gasteiger partial charge in [-0.1, -0.05) is 48.0 Å². The summed E-state index contributed by atoms with van der Waals surface area (Å²) < 4.78 is 0. The molecule has 0 saturated heterocycles. The van der Waals surface area contributed by atoms with Crippen molar-refractivity contribution in [1.29, 1.82) is 0 Å². The van der Waals surface area contributed by atoms with Crippen molar-refractivity contribution < 1.29 is 9.90 Å². The minimum Gasteiger partial charge on any atom is -0.478 e. The number of aromatic carboxylic acids is 1. The fourth-order valence-electron chi connectivity index (χ4n) is 2.76. The quantitative estimate of drug-likeness (QED) is 0.470. The molecule has 0 spiro atoms. The Morgan fingerprint density at radius 2 is 1.67 bits per heavy atom. The first-order chi connectivity index (χ1) is 13.1. The molecule has 27 heavy (non-hydrogen) atoms. The normalized spacial score (nSPS) is 10.7. The molecule has 0 fully saturated rings. The highest BCUT2D eigenvalue weighted by molar-refractivity contribution is 7.19. The van der Waals surface area contributed by atoms with E-state index in [0.717, 1.165) is 32.3 Å². The minimum absolute atomic E-state index is 0.0736. The van der Waals surface area contributed by atoms with Crippen LogP contribution < -0.4 is 0 Å². The van der Waals surface area contributed by atoms with Crippen molar-refractivity contribution in [3.8, 4) is 32.3 Å². The maximum atomic E-state index is 11.5. The molecular weight excluding hydrogens is 380 g/mol. The average molecular weight is 393 g/mol. The molecule has 0 saturated carbocycles. The summed E-state index contributed by atoms with van der Waals surface area (Å²) in [5.41, 5.74) is 3.56. The summed E-state index contributed by atoms with van der Waals surface area (Å²) in [6.45, 7) is 0. The molecule has 0 bridgehead atoms. The lowest BCUT2D eigenvalue weighted by molar-refractivity contribution is 0.0697. The third-order valence-corrected chi connectivity index (χ3v) is 5.54. The number of aromatic nitrogens is 2. The van der Waals surface area contributed by atoms with Crippen LogP contribution in [0.3, 0.4) is 0 Å². The number of halogens is 1. The maximum absolute atomic E-state index is 11.5. The molecule has 2 aromatic carbocycles. The lowest BCUT2D eigenvalue weighted by Crippen LogP contribution is -1.97. The first-order valence-corrected chi connectivity index (χ1v) is 9.33. The van der Waals surface area contributed by atoms with E-state index in [-0.39, 0.29) is 10.6 Å². The summed E-state index contributed by atoms with van der Waals surface area (Å²) in [5.74, 6) is -1.06. The van der Waals surface area contributed by atoms with Crippen LogP contribution in [0.1, 0.15) is 10.4 Å². The number of carboxylic acid groups (broad SMARTS) is 1. The van der Waals surface area contributed by atoms with Crippen molar-refractivity contribution in [1.82, 2.24) is 9.97 Å². The van der Waals surface area contributed by atoms with Gasteiger partial charge in [-0.25, -0.2) is 9.78 Å². The Kier molecular flexibility index (Phi) is 4.71. The van der Waals surface area contributed by atoms with E-state index in [9.17, 15) is 9.90 Å². The summed E-state index contributed by atoms with van der Waals surface area (Å²) in [7, 11) is 0. The number of hydrogen-bond donors (Lipinski definition) is 1. The van der Waals surface area contributed by atoms with Gasteiger partial charge in [-0.05, 0) is 29.8 Å². The van der Waals surface area contributed by atoms with Gasteiger partial charge in [0, 0.05) is 23.5 Å². The maximum Gasteiger partial charge on any atom is 0.337 e. The Morgan fingerprint density at radius 1 is 0.926 bits per heavy atom. The van der Waals surface area contributed by atoms with Gasteiger partial charge in [0.2, 0.25) is 0 Å². The summed E-state index contributed by atoms with van der Waals surface area (Å²) >= 11 is 7.55. The average Bonchev–Trinajstić information content (AvgIpc) is 3.15. The third kappa shape index (κ3) is 3.47. The first-order valence-electron chi connectivity index (χ1n) is 8.13. The van der Waals surface area contributed by atoms with Crippen LogP contribution in [0.15, 0.2) is 73.1 Å². The van der Waals surface area contributed by atoms with E-state index < -0.39 is 5.97 Å². The molecule has 0 unspecified atom stereocenters. The molecule has 132 valence electrons. The second kappa shape index (κ2) is 7.31. The predicted molar refractivity (Wildman–Crippen MR) is 108 cm³/mol. The van der Waals surface area contributed by atoms with Gasteiger partial charge in [-0.3, -0.25) is 4.98 Å². The molecule has 0 atom stereocenters. The van der Waals surface area contributed by atoms with Gasteiger partial charge in [-0.15, -0.1) is 11.3 Å². The van der Waals surface area contributed by atoms with Gasteiger partial charge in [-0.2, -0.15) is 0 Å². The molecule has 0 radical (unpaired) electrons. The second-order valence-electron chi connectivity index (χ2n) is 5.80. The van der Waals surface area contributed by atoms with Crippen LogP contribution in [0.5, 0.6) is 0 Å². The van der Waals surface area contributed by atoms with Crippen LogP contribution in [-0.2, 0) is 0 Å². The molecule has 0 amide bonds. The zero-order valence-corrected chi connectivity index (χ0v) is 15.5. The van der Waals surface area contributed by atoms with E-state index in [2.05, 4.69) is 4.98 Å². The second-order valence-corrected chi connectivity index (χ2v) is 7.20. The van der Waals surface area contributed by atoms with Crippen molar-refractivity contribution in [2.45, 2.75) is 0 Å². The number of thiazole rings is 1. The topological polar surface area (TPSA) is 63.1 Å². The number of rotatable bonds is 4. The number of carboxylic acids is 1.